The van der Waals surface area contributed by atoms with Crippen molar-refractivity contribution in [2.75, 3.05) is 7.05 Å². The Balaban J connectivity index is 4.27. The largest absolute Gasteiger partial charge is 0.475 e. The number of carbonyl (C=O) groups is 2. The lowest BCUT2D eigenvalue weighted by Crippen LogP contribution is -2.51. The Morgan fingerprint density at radius 3 is 2.13 bits per heavy atom. The van der Waals surface area contributed by atoms with Crippen LogP contribution >= 0.6 is 0 Å². The first-order chi connectivity index (χ1) is 6.77. The second kappa shape index (κ2) is 5.72. The molecule has 0 bridgehead atoms. The third-order valence-corrected chi connectivity index (χ3v) is 2.27. The zero-order chi connectivity index (χ0) is 12.2. The summed E-state index contributed by atoms with van der Waals surface area (Å²) in [6, 6.07) is -0.635. The fourth-order valence-electron chi connectivity index (χ4n) is 0.868. The van der Waals surface area contributed by atoms with E-state index in [1.165, 1.54) is 25.8 Å². The standard InChI is InChI=1S/C8H17BN2O4/c1-5(11(4)7(3)12)8(13)10-6(2)9(14)15/h5-6,14-15H,1-4H3,(H,10,13). The molecule has 86 valence electrons. The van der Waals surface area contributed by atoms with Crippen LogP contribution in [0.15, 0.2) is 0 Å². The van der Waals surface area contributed by atoms with Crippen molar-refractivity contribution in [2.45, 2.75) is 32.8 Å². The smallest absolute Gasteiger partial charge is 0.426 e. The third-order valence-electron chi connectivity index (χ3n) is 2.27. The average molecular weight is 216 g/mol. The van der Waals surface area contributed by atoms with Crippen molar-refractivity contribution in [3.05, 3.63) is 0 Å². The molecule has 2 unspecified atom stereocenters. The van der Waals surface area contributed by atoms with Gasteiger partial charge in [0.1, 0.15) is 6.04 Å². The molecule has 0 saturated carbocycles. The highest BCUT2D eigenvalue weighted by Gasteiger charge is 2.25. The maximum Gasteiger partial charge on any atom is 0.475 e. The Morgan fingerprint density at radius 1 is 1.33 bits per heavy atom. The van der Waals surface area contributed by atoms with Gasteiger partial charge in [0, 0.05) is 14.0 Å². The predicted molar refractivity (Wildman–Crippen MR) is 55.7 cm³/mol. The normalized spacial score (nSPS) is 14.0. The summed E-state index contributed by atoms with van der Waals surface area (Å²) in [5.74, 6) is -1.41. The molecule has 0 aromatic heterocycles. The average Bonchev–Trinajstić information content (AvgIpc) is 2.14. The zero-order valence-corrected chi connectivity index (χ0v) is 9.39. The summed E-state index contributed by atoms with van der Waals surface area (Å²) in [6.07, 6.45) is 0. The van der Waals surface area contributed by atoms with Gasteiger partial charge in [0.25, 0.3) is 0 Å². The van der Waals surface area contributed by atoms with E-state index in [1.807, 2.05) is 0 Å². The molecular formula is C8H17BN2O4. The Labute approximate surface area is 89.4 Å². The van der Waals surface area contributed by atoms with E-state index in [9.17, 15) is 9.59 Å². The van der Waals surface area contributed by atoms with Gasteiger partial charge in [-0.2, -0.15) is 0 Å². The van der Waals surface area contributed by atoms with Gasteiger partial charge in [-0.25, -0.2) is 0 Å². The van der Waals surface area contributed by atoms with Gasteiger partial charge < -0.3 is 20.3 Å². The number of rotatable bonds is 4. The van der Waals surface area contributed by atoms with Crippen molar-refractivity contribution < 1.29 is 19.6 Å². The summed E-state index contributed by atoms with van der Waals surface area (Å²) in [5.41, 5.74) is 0. The molecule has 0 rings (SSSR count). The topological polar surface area (TPSA) is 89.9 Å². The molecule has 0 aliphatic heterocycles. The molecule has 0 spiro atoms. The van der Waals surface area contributed by atoms with Gasteiger partial charge in [-0.05, 0) is 13.8 Å². The molecule has 6 nitrogen and oxygen atoms in total. The zero-order valence-electron chi connectivity index (χ0n) is 9.39. The van der Waals surface area contributed by atoms with Crippen LogP contribution in [0.4, 0.5) is 0 Å². The van der Waals surface area contributed by atoms with E-state index >= 15 is 0 Å². The number of likely N-dealkylation sites (N-methyl/N-ethyl adjacent to an activating group) is 1. The lowest BCUT2D eigenvalue weighted by molar-refractivity contribution is -0.136. The highest BCUT2D eigenvalue weighted by Crippen LogP contribution is 1.97. The van der Waals surface area contributed by atoms with Crippen molar-refractivity contribution in [2.24, 2.45) is 0 Å². The number of carbonyl (C=O) groups excluding carboxylic acids is 2. The first-order valence-corrected chi connectivity index (χ1v) is 4.67. The predicted octanol–water partition coefficient (Wildman–Crippen LogP) is -1.63. The van der Waals surface area contributed by atoms with E-state index < -0.39 is 25.0 Å². The Kier molecular flexibility index (Phi) is 5.31. The van der Waals surface area contributed by atoms with Crippen LogP contribution in [-0.4, -0.2) is 52.9 Å². The van der Waals surface area contributed by atoms with E-state index in [2.05, 4.69) is 5.32 Å². The first-order valence-electron chi connectivity index (χ1n) is 4.67. The first kappa shape index (κ1) is 13.9. The van der Waals surface area contributed by atoms with Crippen LogP contribution in [0.1, 0.15) is 20.8 Å². The van der Waals surface area contributed by atoms with Crippen LogP contribution in [0, 0.1) is 0 Å². The maximum atomic E-state index is 11.5. The fourth-order valence-corrected chi connectivity index (χ4v) is 0.868. The van der Waals surface area contributed by atoms with Crippen molar-refractivity contribution in [1.29, 1.82) is 0 Å². The molecule has 2 amide bonds. The molecule has 0 aromatic rings. The van der Waals surface area contributed by atoms with Crippen molar-refractivity contribution in [1.82, 2.24) is 10.2 Å². The summed E-state index contributed by atoms with van der Waals surface area (Å²) in [4.78, 5) is 23.7. The quantitative estimate of drug-likeness (QED) is 0.492. The number of hydrogen-bond acceptors (Lipinski definition) is 4. The van der Waals surface area contributed by atoms with Crippen LogP contribution < -0.4 is 5.32 Å². The van der Waals surface area contributed by atoms with Crippen LogP contribution in [0.5, 0.6) is 0 Å². The van der Waals surface area contributed by atoms with Crippen molar-refractivity contribution >= 4 is 18.9 Å². The molecule has 7 heteroatoms. The number of amides is 2. The second-order valence-corrected chi connectivity index (χ2v) is 3.52. The van der Waals surface area contributed by atoms with Gasteiger partial charge in [-0.15, -0.1) is 0 Å². The molecule has 0 aliphatic rings. The molecule has 0 aliphatic carbocycles. The molecular weight excluding hydrogens is 199 g/mol. The lowest BCUT2D eigenvalue weighted by atomic mass is 9.81. The second-order valence-electron chi connectivity index (χ2n) is 3.52. The summed E-state index contributed by atoms with van der Waals surface area (Å²) >= 11 is 0. The van der Waals surface area contributed by atoms with E-state index in [4.69, 9.17) is 10.0 Å². The Bertz CT molecular complexity index is 247. The summed E-state index contributed by atoms with van der Waals surface area (Å²) < 4.78 is 0. The van der Waals surface area contributed by atoms with Crippen LogP contribution in [0.2, 0.25) is 0 Å². The third kappa shape index (κ3) is 4.31. The minimum atomic E-state index is -1.61. The summed E-state index contributed by atoms with van der Waals surface area (Å²) in [6.45, 7) is 4.38. The Morgan fingerprint density at radius 2 is 1.80 bits per heavy atom. The van der Waals surface area contributed by atoms with Crippen molar-refractivity contribution in [3.8, 4) is 0 Å². The molecule has 0 heterocycles. The van der Waals surface area contributed by atoms with Gasteiger partial charge in [-0.3, -0.25) is 9.59 Å². The Hall–Kier alpha value is -1.08. The van der Waals surface area contributed by atoms with E-state index in [-0.39, 0.29) is 5.91 Å². The van der Waals surface area contributed by atoms with Gasteiger partial charge >= 0.3 is 7.12 Å². The maximum absolute atomic E-state index is 11.5. The highest BCUT2D eigenvalue weighted by molar-refractivity contribution is 6.43. The molecule has 3 N–H and O–H groups in total. The van der Waals surface area contributed by atoms with Crippen LogP contribution in [0.3, 0.4) is 0 Å². The van der Waals surface area contributed by atoms with Crippen molar-refractivity contribution in [3.63, 3.8) is 0 Å². The monoisotopic (exact) mass is 216 g/mol. The number of nitrogens with one attached hydrogen (secondary N) is 1. The van der Waals surface area contributed by atoms with Crippen LogP contribution in [-0.2, 0) is 9.59 Å². The van der Waals surface area contributed by atoms with E-state index in [1.54, 1.807) is 6.92 Å². The summed E-state index contributed by atoms with van der Waals surface area (Å²) in [5, 5.41) is 19.9. The molecule has 15 heavy (non-hydrogen) atoms. The minimum Gasteiger partial charge on any atom is -0.426 e. The highest BCUT2D eigenvalue weighted by atomic mass is 16.4. The lowest BCUT2D eigenvalue weighted by Gasteiger charge is -2.24. The van der Waals surface area contributed by atoms with Gasteiger partial charge in [0.2, 0.25) is 11.8 Å². The number of nitrogens with zero attached hydrogens (tertiary/aromatic N) is 1. The van der Waals surface area contributed by atoms with Crippen LogP contribution in [0.25, 0.3) is 0 Å². The van der Waals surface area contributed by atoms with Gasteiger partial charge in [0.05, 0.1) is 5.94 Å². The molecule has 0 saturated heterocycles. The molecule has 0 radical (unpaired) electrons. The van der Waals surface area contributed by atoms with E-state index in [0.29, 0.717) is 0 Å². The molecule has 0 fully saturated rings. The summed E-state index contributed by atoms with van der Waals surface area (Å²) in [7, 11) is -0.101. The molecule has 0 aromatic carbocycles. The SMILES string of the molecule is CC(=O)N(C)C(C)C(=O)NC(C)B(O)O. The van der Waals surface area contributed by atoms with E-state index in [0.717, 1.165) is 0 Å². The van der Waals surface area contributed by atoms with Gasteiger partial charge in [-0.1, -0.05) is 0 Å². The fraction of sp³-hybridized carbons (Fsp3) is 0.750. The molecule has 2 atom stereocenters. The van der Waals surface area contributed by atoms with Gasteiger partial charge in [0.15, 0.2) is 0 Å². The number of hydrogen-bond donors (Lipinski definition) is 3. The minimum absolute atomic E-state index is 0.227.